The predicted molar refractivity (Wildman–Crippen MR) is 97.5 cm³/mol. The van der Waals surface area contributed by atoms with Crippen molar-refractivity contribution in [1.29, 1.82) is 0 Å². The Labute approximate surface area is 178 Å². The van der Waals surface area contributed by atoms with Gasteiger partial charge in [-0.05, 0) is 18.2 Å². The molecular weight excluding hydrogens is 464 g/mol. The molecule has 0 aliphatic rings. The van der Waals surface area contributed by atoms with Crippen LogP contribution in [0.5, 0.6) is 0 Å². The van der Waals surface area contributed by atoms with Gasteiger partial charge in [-0.15, -0.1) is 16.4 Å². The second kappa shape index (κ2) is 8.14. The summed E-state index contributed by atoms with van der Waals surface area (Å²) in [6.45, 7) is -0.0245. The molecule has 0 bridgehead atoms. The minimum absolute atomic E-state index is 0.0245. The van der Waals surface area contributed by atoms with Crippen molar-refractivity contribution in [2.45, 2.75) is 18.9 Å². The highest BCUT2D eigenvalue weighted by atomic mass is 32.1. The molecule has 0 saturated heterocycles. The molecule has 0 amide bonds. The molecule has 0 radical (unpaired) electrons. The van der Waals surface area contributed by atoms with Crippen molar-refractivity contribution < 1.29 is 30.9 Å². The molecule has 0 aromatic carbocycles. The summed E-state index contributed by atoms with van der Waals surface area (Å²) < 4.78 is 81.6. The zero-order valence-electron chi connectivity index (χ0n) is 15.5. The number of rotatable bonds is 5. The van der Waals surface area contributed by atoms with Crippen molar-refractivity contribution in [3.8, 4) is 10.7 Å². The fourth-order valence-corrected chi connectivity index (χ4v) is 3.45. The van der Waals surface area contributed by atoms with Gasteiger partial charge in [-0.2, -0.15) is 36.4 Å². The SMILES string of the molecule is FC(F)(F)c1cnnc(N(Cc2ccc(-c3noc(C(F)(F)F)n3)s2)c2cnccn2)c1. The lowest BCUT2D eigenvalue weighted by Gasteiger charge is -2.21. The molecular formula is C17H9F6N7OS. The maximum Gasteiger partial charge on any atom is 0.471 e. The van der Waals surface area contributed by atoms with Gasteiger partial charge in [0, 0.05) is 17.3 Å². The van der Waals surface area contributed by atoms with E-state index in [-0.39, 0.29) is 28.9 Å². The molecule has 0 saturated carbocycles. The molecule has 0 N–H and O–H groups in total. The Morgan fingerprint density at radius 3 is 2.44 bits per heavy atom. The van der Waals surface area contributed by atoms with Crippen LogP contribution in [0.1, 0.15) is 16.3 Å². The van der Waals surface area contributed by atoms with E-state index >= 15 is 0 Å². The molecule has 4 rings (SSSR count). The van der Waals surface area contributed by atoms with Crippen LogP contribution in [0, 0.1) is 0 Å². The smallest absolute Gasteiger partial charge is 0.329 e. The fourth-order valence-electron chi connectivity index (χ4n) is 2.53. The molecule has 15 heteroatoms. The van der Waals surface area contributed by atoms with Crippen LogP contribution in [-0.2, 0) is 18.9 Å². The Balaban J connectivity index is 1.66. The molecule has 32 heavy (non-hydrogen) atoms. The minimum atomic E-state index is -4.78. The van der Waals surface area contributed by atoms with Crippen LogP contribution in [0.25, 0.3) is 10.7 Å². The van der Waals surface area contributed by atoms with E-state index in [1.54, 1.807) is 6.07 Å². The molecule has 0 aliphatic carbocycles. The number of thiophene rings is 1. The second-order valence-corrected chi connectivity index (χ2v) is 7.31. The highest BCUT2D eigenvalue weighted by Gasteiger charge is 2.38. The third-order valence-electron chi connectivity index (χ3n) is 3.94. The van der Waals surface area contributed by atoms with Crippen LogP contribution in [0.2, 0.25) is 0 Å². The first-order valence-corrected chi connectivity index (χ1v) is 9.36. The van der Waals surface area contributed by atoms with Crippen molar-refractivity contribution in [3.63, 3.8) is 0 Å². The third-order valence-corrected chi connectivity index (χ3v) is 5.00. The van der Waals surface area contributed by atoms with E-state index in [0.717, 1.165) is 17.4 Å². The monoisotopic (exact) mass is 473 g/mol. The van der Waals surface area contributed by atoms with Crippen LogP contribution in [0.3, 0.4) is 0 Å². The van der Waals surface area contributed by atoms with Crippen molar-refractivity contribution >= 4 is 23.0 Å². The van der Waals surface area contributed by atoms with Crippen molar-refractivity contribution in [3.05, 3.63) is 59.3 Å². The zero-order chi connectivity index (χ0) is 22.9. The summed E-state index contributed by atoms with van der Waals surface area (Å²) in [7, 11) is 0. The first-order chi connectivity index (χ1) is 15.1. The summed E-state index contributed by atoms with van der Waals surface area (Å²) in [4.78, 5) is 13.5. The van der Waals surface area contributed by atoms with Gasteiger partial charge < -0.3 is 9.42 Å². The number of anilines is 2. The average molecular weight is 473 g/mol. The normalized spacial score (nSPS) is 12.2. The van der Waals surface area contributed by atoms with E-state index in [1.807, 2.05) is 0 Å². The Morgan fingerprint density at radius 1 is 0.969 bits per heavy atom. The Bertz CT molecular complexity index is 1210. The van der Waals surface area contributed by atoms with Gasteiger partial charge in [0.05, 0.1) is 29.4 Å². The largest absolute Gasteiger partial charge is 0.471 e. The number of hydrogen-bond acceptors (Lipinski definition) is 9. The van der Waals surface area contributed by atoms with E-state index in [1.165, 1.54) is 29.6 Å². The topological polar surface area (TPSA) is 93.7 Å². The molecule has 8 nitrogen and oxygen atoms in total. The molecule has 4 aromatic heterocycles. The van der Waals surface area contributed by atoms with Gasteiger partial charge in [-0.25, -0.2) is 4.98 Å². The molecule has 0 atom stereocenters. The molecule has 166 valence electrons. The number of alkyl halides is 6. The van der Waals surface area contributed by atoms with E-state index < -0.39 is 23.8 Å². The Hall–Kier alpha value is -3.62. The fraction of sp³-hybridized carbons (Fsp3) is 0.176. The number of nitrogens with zero attached hydrogens (tertiary/aromatic N) is 7. The number of halogens is 6. The summed E-state index contributed by atoms with van der Waals surface area (Å²) >= 11 is 1.02. The number of hydrogen-bond donors (Lipinski definition) is 0. The molecule has 0 fully saturated rings. The van der Waals surface area contributed by atoms with Crippen LogP contribution in [0.15, 0.2) is 47.5 Å². The molecule has 0 aliphatic heterocycles. The van der Waals surface area contributed by atoms with Crippen LogP contribution in [-0.4, -0.2) is 30.3 Å². The zero-order valence-corrected chi connectivity index (χ0v) is 16.3. The van der Waals surface area contributed by atoms with Crippen molar-refractivity contribution in [2.75, 3.05) is 4.90 Å². The second-order valence-electron chi connectivity index (χ2n) is 6.14. The number of aromatic nitrogens is 6. The Morgan fingerprint density at radius 2 is 1.78 bits per heavy atom. The van der Waals surface area contributed by atoms with E-state index in [2.05, 4.69) is 34.8 Å². The summed E-state index contributed by atoms with van der Waals surface area (Å²) in [5, 5.41) is 10.5. The molecule has 0 unspecified atom stereocenters. The summed E-state index contributed by atoms with van der Waals surface area (Å²) in [6, 6.07) is 3.84. The molecule has 0 spiro atoms. The Kier molecular flexibility index (Phi) is 5.50. The van der Waals surface area contributed by atoms with Gasteiger partial charge in [-0.3, -0.25) is 4.98 Å². The van der Waals surface area contributed by atoms with Crippen LogP contribution in [0.4, 0.5) is 38.0 Å². The van der Waals surface area contributed by atoms with Gasteiger partial charge in [0.15, 0.2) is 11.6 Å². The molecule has 4 aromatic rings. The van der Waals surface area contributed by atoms with Gasteiger partial charge >= 0.3 is 18.2 Å². The van der Waals surface area contributed by atoms with Gasteiger partial charge in [0.1, 0.15) is 0 Å². The van der Waals surface area contributed by atoms with E-state index in [4.69, 9.17) is 0 Å². The van der Waals surface area contributed by atoms with Crippen LogP contribution < -0.4 is 4.90 Å². The maximum absolute atomic E-state index is 13.1. The quantitative estimate of drug-likeness (QED) is 0.383. The maximum atomic E-state index is 13.1. The van der Waals surface area contributed by atoms with Crippen molar-refractivity contribution in [2.24, 2.45) is 0 Å². The van der Waals surface area contributed by atoms with E-state index in [0.29, 0.717) is 11.1 Å². The lowest BCUT2D eigenvalue weighted by molar-refractivity contribution is -0.159. The highest BCUT2D eigenvalue weighted by molar-refractivity contribution is 7.15. The summed E-state index contributed by atoms with van der Waals surface area (Å²) in [5.41, 5.74) is -1.00. The van der Waals surface area contributed by atoms with Gasteiger partial charge in [0.25, 0.3) is 0 Å². The third kappa shape index (κ3) is 4.66. The van der Waals surface area contributed by atoms with Gasteiger partial charge in [-0.1, -0.05) is 5.16 Å². The lowest BCUT2D eigenvalue weighted by Crippen LogP contribution is -2.20. The standard InChI is InChI=1S/C17H9F6N7OS/c18-16(19,20)9-5-12(28-26-6-9)30(13-7-24-3-4-25-13)8-10-1-2-11(32-10)14-27-15(31-29-14)17(21,22)23/h1-7H,8H2. The predicted octanol–water partition coefficient (Wildman–Crippen LogP) is 4.75. The summed E-state index contributed by atoms with van der Waals surface area (Å²) in [5.74, 6) is -1.70. The summed E-state index contributed by atoms with van der Waals surface area (Å²) in [6.07, 6.45) is -4.76. The average Bonchev–Trinajstić information content (AvgIpc) is 3.41. The minimum Gasteiger partial charge on any atom is -0.329 e. The highest BCUT2D eigenvalue weighted by Crippen LogP contribution is 2.35. The van der Waals surface area contributed by atoms with Crippen LogP contribution >= 0.6 is 11.3 Å². The molecule has 4 heterocycles. The lowest BCUT2D eigenvalue weighted by atomic mass is 10.3. The first-order valence-electron chi connectivity index (χ1n) is 8.55. The van der Waals surface area contributed by atoms with E-state index in [9.17, 15) is 26.3 Å². The first kappa shape index (κ1) is 21.6. The van der Waals surface area contributed by atoms with Crippen molar-refractivity contribution in [1.82, 2.24) is 30.3 Å². The van der Waals surface area contributed by atoms with Gasteiger partial charge in [0.2, 0.25) is 5.82 Å².